The smallest absolute Gasteiger partial charge is 0.227 e. The van der Waals surface area contributed by atoms with Gasteiger partial charge in [0.2, 0.25) is 11.8 Å². The first kappa shape index (κ1) is 12.4. The molecule has 0 spiro atoms. The Kier molecular flexibility index (Phi) is 3.66. The van der Waals surface area contributed by atoms with Gasteiger partial charge in [0.05, 0.1) is 5.92 Å². The highest BCUT2D eigenvalue weighted by molar-refractivity contribution is 5.83. The third-order valence-corrected chi connectivity index (χ3v) is 3.62. The van der Waals surface area contributed by atoms with Crippen molar-refractivity contribution in [1.82, 2.24) is 10.2 Å². The number of amides is 2. The summed E-state index contributed by atoms with van der Waals surface area (Å²) in [7, 11) is 0. The normalized spacial score (nSPS) is 34.4. The average molecular weight is 239 g/mol. The summed E-state index contributed by atoms with van der Waals surface area (Å²) < 4.78 is 0. The molecule has 0 aromatic heterocycles. The van der Waals surface area contributed by atoms with E-state index in [1.54, 1.807) is 0 Å². The van der Waals surface area contributed by atoms with E-state index < -0.39 is 0 Å². The zero-order valence-corrected chi connectivity index (χ0v) is 10.3. The van der Waals surface area contributed by atoms with Crippen LogP contribution in [0.5, 0.6) is 0 Å². The van der Waals surface area contributed by atoms with Crippen LogP contribution in [-0.4, -0.2) is 42.4 Å². The molecule has 2 heterocycles. The van der Waals surface area contributed by atoms with E-state index in [1.165, 1.54) is 0 Å². The SMILES string of the molecule is CC1CC(N)CN(C(=O)C2CCC(=O)NC2)C1. The second-order valence-corrected chi connectivity index (χ2v) is 5.38. The van der Waals surface area contributed by atoms with Crippen molar-refractivity contribution in [2.45, 2.75) is 32.2 Å². The number of hydrogen-bond acceptors (Lipinski definition) is 3. The van der Waals surface area contributed by atoms with Crippen molar-refractivity contribution in [2.24, 2.45) is 17.6 Å². The predicted octanol–water partition coefficient (Wildman–Crippen LogP) is -0.292. The minimum Gasteiger partial charge on any atom is -0.355 e. The summed E-state index contributed by atoms with van der Waals surface area (Å²) in [5.74, 6) is 0.635. The molecule has 0 aromatic carbocycles. The molecule has 2 aliphatic heterocycles. The van der Waals surface area contributed by atoms with Crippen LogP contribution in [0.2, 0.25) is 0 Å². The van der Waals surface area contributed by atoms with E-state index >= 15 is 0 Å². The van der Waals surface area contributed by atoms with E-state index in [0.717, 1.165) is 13.0 Å². The summed E-state index contributed by atoms with van der Waals surface area (Å²) in [5, 5.41) is 2.76. The number of piperidine rings is 2. The van der Waals surface area contributed by atoms with Gasteiger partial charge in [0.15, 0.2) is 0 Å². The first-order valence-electron chi connectivity index (χ1n) is 6.37. The van der Waals surface area contributed by atoms with Gasteiger partial charge in [-0.05, 0) is 18.8 Å². The van der Waals surface area contributed by atoms with Crippen LogP contribution < -0.4 is 11.1 Å². The molecule has 3 N–H and O–H groups in total. The molecular formula is C12H21N3O2. The maximum absolute atomic E-state index is 12.3. The number of nitrogens with one attached hydrogen (secondary N) is 1. The minimum atomic E-state index is -0.0507. The molecule has 2 amide bonds. The zero-order valence-electron chi connectivity index (χ0n) is 10.3. The molecule has 96 valence electrons. The van der Waals surface area contributed by atoms with Crippen LogP contribution in [0.3, 0.4) is 0 Å². The topological polar surface area (TPSA) is 75.4 Å². The van der Waals surface area contributed by atoms with Gasteiger partial charge >= 0.3 is 0 Å². The van der Waals surface area contributed by atoms with Crippen molar-refractivity contribution in [3.05, 3.63) is 0 Å². The summed E-state index contributed by atoms with van der Waals surface area (Å²) in [6.45, 7) is 4.07. The molecule has 2 saturated heterocycles. The van der Waals surface area contributed by atoms with Crippen LogP contribution >= 0.6 is 0 Å². The minimum absolute atomic E-state index is 0.0507. The number of nitrogens with zero attached hydrogens (tertiary/aromatic N) is 1. The van der Waals surface area contributed by atoms with E-state index in [1.807, 2.05) is 4.90 Å². The number of hydrogen-bond donors (Lipinski definition) is 2. The second kappa shape index (κ2) is 5.04. The van der Waals surface area contributed by atoms with Gasteiger partial charge in [-0.25, -0.2) is 0 Å². The molecule has 0 bridgehead atoms. The van der Waals surface area contributed by atoms with Crippen molar-refractivity contribution in [3.63, 3.8) is 0 Å². The number of rotatable bonds is 1. The lowest BCUT2D eigenvalue weighted by Gasteiger charge is -2.37. The van der Waals surface area contributed by atoms with Gasteiger partial charge in [0.25, 0.3) is 0 Å². The van der Waals surface area contributed by atoms with Crippen molar-refractivity contribution >= 4 is 11.8 Å². The summed E-state index contributed by atoms with van der Waals surface area (Å²) in [6.07, 6.45) is 2.13. The highest BCUT2D eigenvalue weighted by Gasteiger charge is 2.32. The largest absolute Gasteiger partial charge is 0.355 e. The Labute approximate surface area is 102 Å². The van der Waals surface area contributed by atoms with Gasteiger partial charge in [-0.3, -0.25) is 9.59 Å². The zero-order chi connectivity index (χ0) is 12.4. The number of nitrogens with two attached hydrogens (primary N) is 1. The predicted molar refractivity (Wildman–Crippen MR) is 64.1 cm³/mol. The van der Waals surface area contributed by atoms with Crippen molar-refractivity contribution in [1.29, 1.82) is 0 Å². The van der Waals surface area contributed by atoms with Crippen molar-refractivity contribution in [2.75, 3.05) is 19.6 Å². The van der Waals surface area contributed by atoms with Gasteiger partial charge in [-0.2, -0.15) is 0 Å². The summed E-state index contributed by atoms with van der Waals surface area (Å²) >= 11 is 0. The third kappa shape index (κ3) is 2.97. The van der Waals surface area contributed by atoms with E-state index in [9.17, 15) is 9.59 Å². The Morgan fingerprint density at radius 3 is 2.82 bits per heavy atom. The first-order valence-corrected chi connectivity index (χ1v) is 6.37. The van der Waals surface area contributed by atoms with Gasteiger partial charge in [0.1, 0.15) is 0 Å². The Balaban J connectivity index is 1.92. The summed E-state index contributed by atoms with van der Waals surface area (Å²) in [5.41, 5.74) is 5.94. The molecule has 5 heteroatoms. The first-order chi connectivity index (χ1) is 8.06. The molecule has 2 fully saturated rings. The third-order valence-electron chi connectivity index (χ3n) is 3.62. The summed E-state index contributed by atoms with van der Waals surface area (Å²) in [4.78, 5) is 25.2. The Morgan fingerprint density at radius 2 is 2.24 bits per heavy atom. The van der Waals surface area contributed by atoms with Crippen LogP contribution in [0.25, 0.3) is 0 Å². The molecule has 5 nitrogen and oxygen atoms in total. The fraction of sp³-hybridized carbons (Fsp3) is 0.833. The maximum Gasteiger partial charge on any atom is 0.227 e. The lowest BCUT2D eigenvalue weighted by atomic mass is 9.93. The molecule has 17 heavy (non-hydrogen) atoms. The fourth-order valence-corrected chi connectivity index (χ4v) is 2.78. The van der Waals surface area contributed by atoms with E-state index in [0.29, 0.717) is 31.8 Å². The second-order valence-electron chi connectivity index (χ2n) is 5.38. The molecular weight excluding hydrogens is 218 g/mol. The van der Waals surface area contributed by atoms with Crippen LogP contribution in [0.4, 0.5) is 0 Å². The fourth-order valence-electron chi connectivity index (χ4n) is 2.78. The highest BCUT2D eigenvalue weighted by Crippen LogP contribution is 2.20. The molecule has 3 atom stereocenters. The molecule has 2 rings (SSSR count). The van der Waals surface area contributed by atoms with Crippen LogP contribution in [-0.2, 0) is 9.59 Å². The quantitative estimate of drug-likeness (QED) is 0.660. The Bertz CT molecular complexity index is 299. The number of carbonyl (C=O) groups is 2. The van der Waals surface area contributed by atoms with Gasteiger partial charge in [0, 0.05) is 32.1 Å². The van der Waals surface area contributed by atoms with Crippen LogP contribution in [0, 0.1) is 11.8 Å². The van der Waals surface area contributed by atoms with Crippen molar-refractivity contribution in [3.8, 4) is 0 Å². The van der Waals surface area contributed by atoms with Crippen molar-refractivity contribution < 1.29 is 9.59 Å². The number of likely N-dealkylation sites (tertiary alicyclic amines) is 1. The Hall–Kier alpha value is -1.10. The highest BCUT2D eigenvalue weighted by atomic mass is 16.2. The molecule has 0 saturated carbocycles. The van der Waals surface area contributed by atoms with Gasteiger partial charge in [-0.15, -0.1) is 0 Å². The number of carbonyl (C=O) groups excluding carboxylic acids is 2. The van der Waals surface area contributed by atoms with E-state index in [2.05, 4.69) is 12.2 Å². The molecule has 0 aliphatic carbocycles. The molecule has 0 aromatic rings. The van der Waals surface area contributed by atoms with Gasteiger partial charge in [-0.1, -0.05) is 6.92 Å². The molecule has 0 radical (unpaired) electrons. The van der Waals surface area contributed by atoms with Crippen LogP contribution in [0.15, 0.2) is 0 Å². The standard InChI is InChI=1S/C12H21N3O2/c1-8-4-10(13)7-15(6-8)12(17)9-2-3-11(16)14-5-9/h8-10H,2-7,13H2,1H3,(H,14,16). The average Bonchev–Trinajstić information content (AvgIpc) is 2.28. The van der Waals surface area contributed by atoms with Gasteiger partial charge < -0.3 is 16.0 Å². The molecule has 2 aliphatic rings. The maximum atomic E-state index is 12.3. The van der Waals surface area contributed by atoms with E-state index in [4.69, 9.17) is 5.73 Å². The Morgan fingerprint density at radius 1 is 1.47 bits per heavy atom. The lowest BCUT2D eigenvalue weighted by molar-refractivity contribution is -0.139. The van der Waals surface area contributed by atoms with Crippen LogP contribution in [0.1, 0.15) is 26.2 Å². The summed E-state index contributed by atoms with van der Waals surface area (Å²) in [6, 6.07) is 0.0980. The van der Waals surface area contributed by atoms with E-state index in [-0.39, 0.29) is 23.8 Å². The monoisotopic (exact) mass is 239 g/mol. The molecule has 3 unspecified atom stereocenters. The lowest BCUT2D eigenvalue weighted by Crippen LogP contribution is -2.52.